The standard InChI is InChI=1S/C25H28N4O2/c1-17-4-9-22(18(2)16-17)26-25(30)20-12-14-29(15-13-20)24-11-10-23(27-28-24)19-5-7-21(31-3)8-6-19/h4-11,16,20H,12-15H2,1-3H3,(H,26,30). The molecule has 4 rings (SSSR count). The fourth-order valence-corrected chi connectivity index (χ4v) is 3.97. The molecule has 1 aromatic heterocycles. The third-order valence-corrected chi connectivity index (χ3v) is 5.87. The summed E-state index contributed by atoms with van der Waals surface area (Å²) in [4.78, 5) is 14.9. The smallest absolute Gasteiger partial charge is 0.227 e. The lowest BCUT2D eigenvalue weighted by Gasteiger charge is -2.32. The number of amides is 1. The Bertz CT molecular complexity index is 1040. The lowest BCUT2D eigenvalue weighted by molar-refractivity contribution is -0.120. The number of methoxy groups -OCH3 is 1. The number of aryl methyl sites for hydroxylation is 2. The molecule has 2 heterocycles. The van der Waals surface area contributed by atoms with Gasteiger partial charge in [0, 0.05) is 30.3 Å². The van der Waals surface area contributed by atoms with E-state index in [1.165, 1.54) is 5.56 Å². The third-order valence-electron chi connectivity index (χ3n) is 5.87. The van der Waals surface area contributed by atoms with Crippen LogP contribution in [0.25, 0.3) is 11.3 Å². The van der Waals surface area contributed by atoms with E-state index >= 15 is 0 Å². The number of hydrogen-bond acceptors (Lipinski definition) is 5. The number of ether oxygens (including phenoxy) is 1. The Balaban J connectivity index is 1.34. The highest BCUT2D eigenvalue weighted by Crippen LogP contribution is 2.26. The van der Waals surface area contributed by atoms with Gasteiger partial charge in [0.2, 0.25) is 5.91 Å². The van der Waals surface area contributed by atoms with Crippen molar-refractivity contribution in [2.45, 2.75) is 26.7 Å². The number of aromatic nitrogens is 2. The number of anilines is 2. The molecule has 0 bridgehead atoms. The maximum atomic E-state index is 12.7. The normalized spacial score (nSPS) is 14.4. The molecular weight excluding hydrogens is 388 g/mol. The van der Waals surface area contributed by atoms with Crippen molar-refractivity contribution in [3.05, 3.63) is 65.7 Å². The summed E-state index contributed by atoms with van der Waals surface area (Å²) in [6.07, 6.45) is 1.61. The van der Waals surface area contributed by atoms with Crippen LogP contribution in [-0.2, 0) is 4.79 Å². The summed E-state index contributed by atoms with van der Waals surface area (Å²) < 4.78 is 5.20. The topological polar surface area (TPSA) is 67.3 Å². The molecule has 160 valence electrons. The fourth-order valence-electron chi connectivity index (χ4n) is 3.97. The second-order valence-corrected chi connectivity index (χ2v) is 8.07. The lowest BCUT2D eigenvalue weighted by Crippen LogP contribution is -2.38. The number of nitrogens with zero attached hydrogens (tertiary/aromatic N) is 3. The Hall–Kier alpha value is -3.41. The van der Waals surface area contributed by atoms with Crippen molar-refractivity contribution in [2.24, 2.45) is 5.92 Å². The highest BCUT2D eigenvalue weighted by Gasteiger charge is 2.26. The van der Waals surface area contributed by atoms with E-state index in [9.17, 15) is 4.79 Å². The summed E-state index contributed by atoms with van der Waals surface area (Å²) >= 11 is 0. The summed E-state index contributed by atoms with van der Waals surface area (Å²) in [6, 6.07) is 17.9. The van der Waals surface area contributed by atoms with Gasteiger partial charge in [-0.25, -0.2) is 0 Å². The average molecular weight is 417 g/mol. The molecule has 0 saturated carbocycles. The molecule has 3 aromatic rings. The summed E-state index contributed by atoms with van der Waals surface area (Å²) in [5.41, 5.74) is 5.02. The zero-order valence-electron chi connectivity index (χ0n) is 18.3. The summed E-state index contributed by atoms with van der Waals surface area (Å²) in [5.74, 6) is 1.79. The molecule has 1 saturated heterocycles. The number of hydrogen-bond donors (Lipinski definition) is 1. The van der Waals surface area contributed by atoms with E-state index in [2.05, 4.69) is 33.4 Å². The Morgan fingerprint density at radius 2 is 1.74 bits per heavy atom. The van der Waals surface area contributed by atoms with Crippen molar-refractivity contribution < 1.29 is 9.53 Å². The third kappa shape index (κ3) is 4.85. The predicted molar refractivity (Wildman–Crippen MR) is 124 cm³/mol. The first kappa shape index (κ1) is 20.8. The first-order valence-electron chi connectivity index (χ1n) is 10.6. The van der Waals surface area contributed by atoms with E-state index in [4.69, 9.17) is 4.74 Å². The molecule has 6 heteroatoms. The van der Waals surface area contributed by atoms with Gasteiger partial charge in [-0.1, -0.05) is 17.7 Å². The van der Waals surface area contributed by atoms with Crippen molar-refractivity contribution in [3.63, 3.8) is 0 Å². The number of benzene rings is 2. The van der Waals surface area contributed by atoms with Gasteiger partial charge in [0.05, 0.1) is 12.8 Å². The minimum Gasteiger partial charge on any atom is -0.497 e. The monoisotopic (exact) mass is 416 g/mol. The molecule has 1 amide bonds. The van der Waals surface area contributed by atoms with Gasteiger partial charge in [-0.05, 0) is 74.7 Å². The van der Waals surface area contributed by atoms with E-state index in [0.29, 0.717) is 0 Å². The first-order chi connectivity index (χ1) is 15.0. The van der Waals surface area contributed by atoms with Crippen LogP contribution in [0.1, 0.15) is 24.0 Å². The van der Waals surface area contributed by atoms with Crippen LogP contribution in [0.3, 0.4) is 0 Å². The lowest BCUT2D eigenvalue weighted by atomic mass is 9.95. The number of rotatable bonds is 5. The molecule has 0 spiro atoms. The van der Waals surface area contributed by atoms with Crippen LogP contribution in [0.15, 0.2) is 54.6 Å². The molecule has 0 atom stereocenters. The first-order valence-corrected chi connectivity index (χ1v) is 10.6. The van der Waals surface area contributed by atoms with Crippen LogP contribution in [-0.4, -0.2) is 36.3 Å². The van der Waals surface area contributed by atoms with Crippen LogP contribution in [0, 0.1) is 19.8 Å². The van der Waals surface area contributed by atoms with Crippen molar-refractivity contribution >= 4 is 17.4 Å². The Kier molecular flexibility index (Phi) is 6.16. The molecule has 0 unspecified atom stereocenters. The van der Waals surface area contributed by atoms with Gasteiger partial charge in [-0.15, -0.1) is 10.2 Å². The number of nitrogens with one attached hydrogen (secondary N) is 1. The maximum absolute atomic E-state index is 12.7. The molecule has 2 aromatic carbocycles. The highest BCUT2D eigenvalue weighted by atomic mass is 16.5. The van der Waals surface area contributed by atoms with Gasteiger partial charge >= 0.3 is 0 Å². The maximum Gasteiger partial charge on any atom is 0.227 e. The van der Waals surface area contributed by atoms with Crippen LogP contribution in [0.4, 0.5) is 11.5 Å². The van der Waals surface area contributed by atoms with Crippen LogP contribution >= 0.6 is 0 Å². The Morgan fingerprint density at radius 1 is 1.00 bits per heavy atom. The second-order valence-electron chi connectivity index (χ2n) is 8.07. The molecular formula is C25H28N4O2. The summed E-state index contributed by atoms with van der Waals surface area (Å²) in [7, 11) is 1.65. The minimum absolute atomic E-state index is 0.0171. The average Bonchev–Trinajstić information content (AvgIpc) is 2.81. The Labute approximate surface area is 183 Å². The molecule has 6 nitrogen and oxygen atoms in total. The van der Waals surface area contributed by atoms with Gasteiger partial charge in [-0.2, -0.15) is 0 Å². The number of carbonyl (C=O) groups is 1. The SMILES string of the molecule is COc1ccc(-c2ccc(N3CCC(C(=O)Nc4ccc(C)cc4C)CC3)nn2)cc1. The molecule has 31 heavy (non-hydrogen) atoms. The number of carbonyl (C=O) groups excluding carboxylic acids is 1. The summed E-state index contributed by atoms with van der Waals surface area (Å²) in [6.45, 7) is 5.67. The Morgan fingerprint density at radius 3 is 2.35 bits per heavy atom. The van der Waals surface area contributed by atoms with Gasteiger partial charge in [0.25, 0.3) is 0 Å². The van der Waals surface area contributed by atoms with Gasteiger partial charge in [0.1, 0.15) is 5.75 Å². The molecule has 0 aliphatic carbocycles. The summed E-state index contributed by atoms with van der Waals surface area (Å²) in [5, 5.41) is 11.9. The van der Waals surface area contributed by atoms with Gasteiger partial charge in [0.15, 0.2) is 5.82 Å². The van der Waals surface area contributed by atoms with Crippen LogP contribution < -0.4 is 15.0 Å². The minimum atomic E-state index is 0.0171. The van der Waals surface area contributed by atoms with Crippen LogP contribution in [0.5, 0.6) is 5.75 Å². The predicted octanol–water partition coefficient (Wildman–Crippen LogP) is 4.62. The molecule has 1 N–H and O–H groups in total. The van der Waals surface area contributed by atoms with Crippen molar-refractivity contribution in [2.75, 3.05) is 30.4 Å². The molecule has 1 aliphatic rings. The van der Waals surface area contributed by atoms with Gasteiger partial charge < -0.3 is 15.0 Å². The van der Waals surface area contributed by atoms with E-state index in [-0.39, 0.29) is 11.8 Å². The molecule has 0 radical (unpaired) electrons. The highest BCUT2D eigenvalue weighted by molar-refractivity contribution is 5.93. The van der Waals surface area contributed by atoms with Crippen molar-refractivity contribution in [1.29, 1.82) is 0 Å². The zero-order valence-corrected chi connectivity index (χ0v) is 18.3. The zero-order chi connectivity index (χ0) is 21.8. The quantitative estimate of drug-likeness (QED) is 0.657. The van der Waals surface area contributed by atoms with Crippen molar-refractivity contribution in [1.82, 2.24) is 10.2 Å². The largest absolute Gasteiger partial charge is 0.497 e. The number of piperidine rings is 1. The van der Waals surface area contributed by atoms with E-state index < -0.39 is 0 Å². The second kappa shape index (κ2) is 9.16. The van der Waals surface area contributed by atoms with Crippen molar-refractivity contribution in [3.8, 4) is 17.0 Å². The van der Waals surface area contributed by atoms with E-state index in [1.54, 1.807) is 7.11 Å². The van der Waals surface area contributed by atoms with Crippen LogP contribution in [0.2, 0.25) is 0 Å². The fraction of sp³-hybridized carbons (Fsp3) is 0.320. The van der Waals surface area contributed by atoms with E-state index in [1.807, 2.05) is 55.5 Å². The van der Waals surface area contributed by atoms with E-state index in [0.717, 1.165) is 60.0 Å². The molecule has 1 fully saturated rings. The van der Waals surface area contributed by atoms with Gasteiger partial charge in [-0.3, -0.25) is 4.79 Å². The molecule has 1 aliphatic heterocycles.